The van der Waals surface area contributed by atoms with Crippen LogP contribution in [0.25, 0.3) is 88.3 Å². The Kier molecular flexibility index (Phi) is 5.45. The highest BCUT2D eigenvalue weighted by molar-refractivity contribution is 6.22. The average molecular weight is 640 g/mol. The zero-order valence-electron chi connectivity index (χ0n) is 27.9. The molecule has 1 N–H and O–H groups in total. The average Bonchev–Trinajstić information content (AvgIpc) is 3.87. The molecule has 10 aromatic rings. The number of benzene rings is 7. The van der Waals surface area contributed by atoms with Crippen molar-refractivity contribution in [3.8, 4) is 33.8 Å². The molecule has 236 valence electrons. The topological polar surface area (TPSA) is 25.6 Å². The Morgan fingerprint density at radius 2 is 1.10 bits per heavy atom. The molecule has 0 saturated carbocycles. The van der Waals surface area contributed by atoms with E-state index in [9.17, 15) is 0 Å². The van der Waals surface area contributed by atoms with Crippen LogP contribution in [0.1, 0.15) is 25.0 Å². The number of nitrogens with one attached hydrogen (secondary N) is 1. The number of nitrogens with zero attached hydrogens (tertiary/aromatic N) is 2. The highest BCUT2D eigenvalue weighted by atomic mass is 15.0. The number of fused-ring (bicyclic) bond motifs is 12. The molecule has 0 amide bonds. The molecule has 0 saturated heterocycles. The van der Waals surface area contributed by atoms with Crippen LogP contribution in [0.5, 0.6) is 0 Å². The summed E-state index contributed by atoms with van der Waals surface area (Å²) in [6.45, 7) is 4.77. The SMILES string of the molecule is CC1(C)c2ccccc2-c2c1c1ccc3[nH]c4ccc(-c5ccc6c(c5)c5ccccc5n6-c5ccccc5)cc4c3c1n2-c1ccccc1. The molecule has 0 aliphatic heterocycles. The lowest BCUT2D eigenvalue weighted by molar-refractivity contribution is 0.666. The molecule has 50 heavy (non-hydrogen) atoms. The van der Waals surface area contributed by atoms with Gasteiger partial charge in [-0.25, -0.2) is 0 Å². The van der Waals surface area contributed by atoms with Crippen LogP contribution in [0.2, 0.25) is 0 Å². The fourth-order valence-corrected chi connectivity index (χ4v) is 9.04. The van der Waals surface area contributed by atoms with Crippen molar-refractivity contribution >= 4 is 54.5 Å². The molecule has 0 spiro atoms. The van der Waals surface area contributed by atoms with Gasteiger partial charge < -0.3 is 14.1 Å². The Hall–Kier alpha value is -6.32. The van der Waals surface area contributed by atoms with Crippen molar-refractivity contribution in [2.24, 2.45) is 0 Å². The number of hydrogen-bond donors (Lipinski definition) is 1. The zero-order chi connectivity index (χ0) is 33.1. The third kappa shape index (κ3) is 3.59. The second-order valence-electron chi connectivity index (χ2n) is 14.3. The molecule has 3 aromatic heterocycles. The Morgan fingerprint density at radius 1 is 0.480 bits per heavy atom. The van der Waals surface area contributed by atoms with Crippen LogP contribution in [0.15, 0.2) is 158 Å². The molecule has 7 aromatic carbocycles. The van der Waals surface area contributed by atoms with E-state index in [1.165, 1.54) is 88.4 Å². The third-order valence-corrected chi connectivity index (χ3v) is 11.2. The van der Waals surface area contributed by atoms with Crippen molar-refractivity contribution in [3.05, 3.63) is 169 Å². The van der Waals surface area contributed by atoms with E-state index in [4.69, 9.17) is 0 Å². The van der Waals surface area contributed by atoms with Crippen LogP contribution in [0, 0.1) is 0 Å². The third-order valence-electron chi connectivity index (χ3n) is 11.2. The standard InChI is InChI=1S/C47H33N3/c1-47(2)38-19-11-9-18-34(38)46-44(47)35-23-25-40-43(45(35)50(46)32-15-7-4-8-16-32)37-28-29(21-24-39(37)48-40)30-22-26-42-36(27-30)33-17-10-12-20-41(33)49(42)31-13-5-3-6-14-31/h3-28,48H,1-2H3. The second-order valence-corrected chi connectivity index (χ2v) is 14.3. The summed E-state index contributed by atoms with van der Waals surface area (Å²) in [6, 6.07) is 57.8. The van der Waals surface area contributed by atoms with Gasteiger partial charge in [0, 0.05) is 60.3 Å². The Morgan fingerprint density at radius 3 is 1.90 bits per heavy atom. The summed E-state index contributed by atoms with van der Waals surface area (Å²) in [7, 11) is 0. The van der Waals surface area contributed by atoms with Crippen molar-refractivity contribution < 1.29 is 0 Å². The molecular weight excluding hydrogens is 607 g/mol. The molecule has 1 aliphatic carbocycles. The molecule has 0 unspecified atom stereocenters. The largest absolute Gasteiger partial charge is 0.354 e. The van der Waals surface area contributed by atoms with Gasteiger partial charge in [-0.3, -0.25) is 0 Å². The minimum atomic E-state index is -0.122. The molecule has 11 rings (SSSR count). The van der Waals surface area contributed by atoms with Crippen LogP contribution < -0.4 is 0 Å². The Balaban J connectivity index is 1.20. The first-order chi connectivity index (χ1) is 24.6. The van der Waals surface area contributed by atoms with Crippen LogP contribution in [-0.4, -0.2) is 14.1 Å². The highest BCUT2D eigenvalue weighted by Gasteiger charge is 2.41. The van der Waals surface area contributed by atoms with Gasteiger partial charge in [-0.05, 0) is 82.9 Å². The summed E-state index contributed by atoms with van der Waals surface area (Å²) >= 11 is 0. The number of H-pyrrole nitrogens is 1. The first-order valence-corrected chi connectivity index (χ1v) is 17.5. The molecule has 3 heterocycles. The van der Waals surface area contributed by atoms with Gasteiger partial charge in [-0.15, -0.1) is 0 Å². The zero-order valence-corrected chi connectivity index (χ0v) is 27.9. The summed E-state index contributed by atoms with van der Waals surface area (Å²) in [6.07, 6.45) is 0. The van der Waals surface area contributed by atoms with Gasteiger partial charge in [0.25, 0.3) is 0 Å². The molecule has 0 fully saturated rings. The summed E-state index contributed by atoms with van der Waals surface area (Å²) in [5.41, 5.74) is 16.1. The lowest BCUT2D eigenvalue weighted by Crippen LogP contribution is -2.14. The van der Waals surface area contributed by atoms with E-state index in [1.54, 1.807) is 0 Å². The van der Waals surface area contributed by atoms with Crippen LogP contribution in [0.4, 0.5) is 0 Å². The van der Waals surface area contributed by atoms with Crippen molar-refractivity contribution in [1.82, 2.24) is 14.1 Å². The minimum absolute atomic E-state index is 0.122. The van der Waals surface area contributed by atoms with Crippen molar-refractivity contribution in [2.45, 2.75) is 19.3 Å². The van der Waals surface area contributed by atoms with E-state index in [2.05, 4.69) is 186 Å². The summed E-state index contributed by atoms with van der Waals surface area (Å²) in [5.74, 6) is 0. The summed E-state index contributed by atoms with van der Waals surface area (Å²) < 4.78 is 4.91. The van der Waals surface area contributed by atoms with Crippen molar-refractivity contribution in [2.75, 3.05) is 0 Å². The summed E-state index contributed by atoms with van der Waals surface area (Å²) in [4.78, 5) is 3.79. The Bertz CT molecular complexity index is 2990. The minimum Gasteiger partial charge on any atom is -0.354 e. The van der Waals surface area contributed by atoms with Crippen LogP contribution >= 0.6 is 0 Å². The number of hydrogen-bond acceptors (Lipinski definition) is 0. The van der Waals surface area contributed by atoms with Crippen LogP contribution in [-0.2, 0) is 5.41 Å². The van der Waals surface area contributed by atoms with Gasteiger partial charge in [0.2, 0.25) is 0 Å². The smallest absolute Gasteiger partial charge is 0.0638 e. The van der Waals surface area contributed by atoms with Gasteiger partial charge in [0.05, 0.1) is 22.2 Å². The van der Waals surface area contributed by atoms with E-state index in [1.807, 2.05) is 0 Å². The molecule has 3 heteroatoms. The van der Waals surface area contributed by atoms with Crippen molar-refractivity contribution in [3.63, 3.8) is 0 Å². The highest BCUT2D eigenvalue weighted by Crippen LogP contribution is 2.55. The van der Waals surface area contributed by atoms with E-state index < -0.39 is 0 Å². The summed E-state index contributed by atoms with van der Waals surface area (Å²) in [5, 5.41) is 6.36. The van der Waals surface area contributed by atoms with E-state index in [-0.39, 0.29) is 5.41 Å². The van der Waals surface area contributed by atoms with Gasteiger partial charge in [0.15, 0.2) is 0 Å². The lowest BCUT2D eigenvalue weighted by atomic mass is 9.81. The molecule has 1 aliphatic rings. The monoisotopic (exact) mass is 639 g/mol. The molecule has 0 atom stereocenters. The van der Waals surface area contributed by atoms with E-state index >= 15 is 0 Å². The molecular formula is C47H33N3. The van der Waals surface area contributed by atoms with Gasteiger partial charge in [0.1, 0.15) is 0 Å². The lowest BCUT2D eigenvalue weighted by Gasteiger charge is -2.21. The van der Waals surface area contributed by atoms with Crippen molar-refractivity contribution in [1.29, 1.82) is 0 Å². The van der Waals surface area contributed by atoms with Gasteiger partial charge >= 0.3 is 0 Å². The molecule has 0 radical (unpaired) electrons. The maximum Gasteiger partial charge on any atom is 0.0638 e. The quantitative estimate of drug-likeness (QED) is 0.199. The normalized spacial score (nSPS) is 13.6. The maximum absolute atomic E-state index is 3.79. The van der Waals surface area contributed by atoms with Crippen LogP contribution in [0.3, 0.4) is 0 Å². The number of aromatic amines is 1. The van der Waals surface area contributed by atoms with Gasteiger partial charge in [-0.1, -0.05) is 111 Å². The second kappa shape index (κ2) is 9.87. The fraction of sp³-hybridized carbons (Fsp3) is 0.0638. The predicted molar refractivity (Wildman–Crippen MR) is 210 cm³/mol. The maximum atomic E-state index is 3.79. The van der Waals surface area contributed by atoms with E-state index in [0.717, 1.165) is 11.0 Å². The van der Waals surface area contributed by atoms with E-state index in [0.29, 0.717) is 0 Å². The molecule has 0 bridgehead atoms. The number of rotatable bonds is 3. The fourth-order valence-electron chi connectivity index (χ4n) is 9.04. The predicted octanol–water partition coefficient (Wildman–Crippen LogP) is 12.3. The Labute approximate surface area is 289 Å². The first-order valence-electron chi connectivity index (χ1n) is 17.5. The first kappa shape index (κ1) is 27.6. The molecule has 3 nitrogen and oxygen atoms in total. The van der Waals surface area contributed by atoms with Gasteiger partial charge in [-0.2, -0.15) is 0 Å². The number of para-hydroxylation sites is 3. The number of aromatic nitrogens is 3.